The molecule has 3 rings (SSSR count). The number of alkyl halides is 1. The number of nitrogens with zero attached hydrogens (tertiary/aromatic N) is 4. The monoisotopic (exact) mass is 387 g/mol. The van der Waals surface area contributed by atoms with Gasteiger partial charge in [0.25, 0.3) is 0 Å². The maximum absolute atomic E-state index is 9.04. The van der Waals surface area contributed by atoms with Gasteiger partial charge in [0.1, 0.15) is 12.1 Å². The van der Waals surface area contributed by atoms with Crippen LogP contribution in [-0.4, -0.2) is 32.0 Å². The lowest BCUT2D eigenvalue weighted by atomic mass is 10.3. The molecular formula is C15H16Cl3N5O. The summed E-state index contributed by atoms with van der Waals surface area (Å²) >= 11 is 16.2. The van der Waals surface area contributed by atoms with E-state index in [9.17, 15) is 0 Å². The topological polar surface area (TPSA) is 86.2 Å². The Labute approximate surface area is 154 Å². The third-order valence-corrected chi connectivity index (χ3v) is 3.52. The first-order valence-corrected chi connectivity index (χ1v) is 8.03. The fourth-order valence-electron chi connectivity index (χ4n) is 1.54. The van der Waals surface area contributed by atoms with Crippen LogP contribution < -0.4 is 5.73 Å². The molecule has 6 nitrogen and oxygen atoms in total. The summed E-state index contributed by atoms with van der Waals surface area (Å²) in [5.74, 6) is 0.511. The predicted molar refractivity (Wildman–Crippen MR) is 97.9 cm³/mol. The highest BCUT2D eigenvalue weighted by Crippen LogP contribution is 2.13. The van der Waals surface area contributed by atoms with Crippen LogP contribution in [0.4, 0.5) is 5.82 Å². The van der Waals surface area contributed by atoms with E-state index in [1.807, 2.05) is 38.2 Å². The molecule has 0 radical (unpaired) electrons. The van der Waals surface area contributed by atoms with Gasteiger partial charge in [0, 0.05) is 6.20 Å². The fraction of sp³-hybridized carbons (Fsp3) is 0.200. The Hall–Kier alpha value is -1.89. The van der Waals surface area contributed by atoms with Crippen molar-refractivity contribution in [2.24, 2.45) is 0 Å². The van der Waals surface area contributed by atoms with Gasteiger partial charge in [-0.15, -0.1) is 21.8 Å². The molecule has 0 aliphatic heterocycles. The number of aldehydes is 1. The van der Waals surface area contributed by atoms with Crippen LogP contribution >= 0.6 is 34.8 Å². The van der Waals surface area contributed by atoms with E-state index in [4.69, 9.17) is 45.3 Å². The van der Waals surface area contributed by atoms with Crippen molar-refractivity contribution >= 4 is 52.4 Å². The van der Waals surface area contributed by atoms with Gasteiger partial charge >= 0.3 is 0 Å². The van der Waals surface area contributed by atoms with E-state index in [1.54, 1.807) is 10.6 Å². The first kappa shape index (κ1) is 20.2. The van der Waals surface area contributed by atoms with Gasteiger partial charge in [-0.1, -0.05) is 23.2 Å². The second kappa shape index (κ2) is 10.1. The minimum atomic E-state index is 0.111. The average molecular weight is 389 g/mol. The number of hydrogen-bond donors (Lipinski definition) is 1. The fourth-order valence-corrected chi connectivity index (χ4v) is 1.76. The number of carbonyl (C=O) groups excluding carboxylic acids is 1. The molecule has 3 aromatic heterocycles. The molecule has 2 N–H and O–H groups in total. The second-order valence-electron chi connectivity index (χ2n) is 4.56. The molecule has 0 aliphatic rings. The van der Waals surface area contributed by atoms with Gasteiger partial charge in [-0.05, 0) is 49.2 Å². The van der Waals surface area contributed by atoms with Gasteiger partial charge < -0.3 is 10.5 Å². The van der Waals surface area contributed by atoms with Crippen LogP contribution in [0.1, 0.15) is 11.1 Å². The summed E-state index contributed by atoms with van der Waals surface area (Å²) in [5, 5.41) is 12.2. The van der Waals surface area contributed by atoms with Gasteiger partial charge in [-0.3, -0.25) is 0 Å². The molecule has 0 aliphatic carbocycles. The van der Waals surface area contributed by atoms with Gasteiger partial charge in [0.15, 0.2) is 10.3 Å². The summed E-state index contributed by atoms with van der Waals surface area (Å²) < 4.78 is 1.76. The molecule has 0 saturated carbocycles. The lowest BCUT2D eigenvalue weighted by Gasteiger charge is -1.97. The Morgan fingerprint density at radius 1 is 1.17 bits per heavy atom. The average Bonchev–Trinajstić information content (AvgIpc) is 2.99. The molecule has 0 amide bonds. The van der Waals surface area contributed by atoms with Crippen LogP contribution in [0.15, 0.2) is 30.5 Å². The van der Waals surface area contributed by atoms with E-state index in [2.05, 4.69) is 15.3 Å². The van der Waals surface area contributed by atoms with Crippen LogP contribution in [0.2, 0.25) is 10.3 Å². The van der Waals surface area contributed by atoms with E-state index >= 15 is 0 Å². The van der Waals surface area contributed by atoms with Crippen LogP contribution in [0.5, 0.6) is 0 Å². The summed E-state index contributed by atoms with van der Waals surface area (Å²) in [5.41, 5.74) is 8.23. The minimum absolute atomic E-state index is 0.111. The van der Waals surface area contributed by atoms with Crippen molar-refractivity contribution in [1.29, 1.82) is 0 Å². The van der Waals surface area contributed by atoms with Gasteiger partial charge in [0.05, 0.1) is 11.4 Å². The Morgan fingerprint density at radius 3 is 2.33 bits per heavy atom. The lowest BCUT2D eigenvalue weighted by molar-refractivity contribution is -0.105. The van der Waals surface area contributed by atoms with Crippen LogP contribution in [-0.2, 0) is 4.79 Å². The predicted octanol–water partition coefficient (Wildman–Crippen LogP) is 3.74. The molecule has 0 aromatic carbocycles. The number of aryl methyl sites for hydroxylation is 2. The molecule has 0 saturated heterocycles. The number of carbonyl (C=O) groups is 1. The van der Waals surface area contributed by atoms with Crippen molar-refractivity contribution in [2.45, 2.75) is 13.8 Å². The standard InChI is InChI=1S/C8H7ClN2.C5H6ClN3.C2H3ClO/c1-6-5-7-3-2-4-11(7)10-8(6)9;1-3-2-4(7)8-9-5(3)6;3-1-2-4/h2-5H,1H3;2H,1H3,(H2,7,8);2H,1H2. The largest absolute Gasteiger partial charge is 0.382 e. The minimum Gasteiger partial charge on any atom is -0.382 e. The molecule has 3 heterocycles. The molecule has 9 heteroatoms. The number of nitrogens with two attached hydrogens (primary N) is 1. The Kier molecular flexibility index (Phi) is 8.46. The van der Waals surface area contributed by atoms with Crippen LogP contribution in [0, 0.1) is 13.8 Å². The van der Waals surface area contributed by atoms with Crippen molar-refractivity contribution in [3.8, 4) is 0 Å². The zero-order valence-electron chi connectivity index (χ0n) is 13.1. The van der Waals surface area contributed by atoms with E-state index in [0.717, 1.165) is 16.6 Å². The molecule has 0 fully saturated rings. The number of fused-ring (bicyclic) bond motifs is 1. The smallest absolute Gasteiger partial charge is 0.154 e. The SMILES string of the molecule is Cc1cc(N)nnc1Cl.Cc1cc2cccn2nc1Cl.O=CCCl. The van der Waals surface area contributed by atoms with Crippen molar-refractivity contribution in [3.63, 3.8) is 0 Å². The number of anilines is 1. The van der Waals surface area contributed by atoms with Crippen molar-refractivity contribution in [2.75, 3.05) is 11.6 Å². The quantitative estimate of drug-likeness (QED) is 0.507. The summed E-state index contributed by atoms with van der Waals surface area (Å²) in [6, 6.07) is 7.62. The highest BCUT2D eigenvalue weighted by Gasteiger charge is 1.98. The van der Waals surface area contributed by atoms with Crippen molar-refractivity contribution in [3.05, 3.63) is 51.9 Å². The van der Waals surface area contributed by atoms with E-state index in [0.29, 0.717) is 22.4 Å². The summed E-state index contributed by atoms with van der Waals surface area (Å²) in [7, 11) is 0. The molecular weight excluding hydrogens is 373 g/mol. The summed E-state index contributed by atoms with van der Waals surface area (Å²) in [4.78, 5) is 9.04. The van der Waals surface area contributed by atoms with Crippen molar-refractivity contribution in [1.82, 2.24) is 19.8 Å². The van der Waals surface area contributed by atoms with Gasteiger partial charge in [0.2, 0.25) is 0 Å². The Bertz CT molecular complexity index is 771. The van der Waals surface area contributed by atoms with E-state index in [1.165, 1.54) is 0 Å². The summed E-state index contributed by atoms with van der Waals surface area (Å²) in [6.07, 6.45) is 2.52. The number of hydrogen-bond acceptors (Lipinski definition) is 5. The molecule has 24 heavy (non-hydrogen) atoms. The zero-order chi connectivity index (χ0) is 18.1. The Balaban J connectivity index is 0.000000201. The number of nitrogen functional groups attached to an aromatic ring is 1. The zero-order valence-corrected chi connectivity index (χ0v) is 15.3. The number of rotatable bonds is 1. The van der Waals surface area contributed by atoms with Crippen LogP contribution in [0.3, 0.4) is 0 Å². The Morgan fingerprint density at radius 2 is 1.79 bits per heavy atom. The number of halogens is 3. The highest BCUT2D eigenvalue weighted by molar-refractivity contribution is 6.30. The number of aromatic nitrogens is 4. The molecule has 3 aromatic rings. The maximum atomic E-state index is 9.04. The molecule has 0 spiro atoms. The third kappa shape index (κ3) is 6.31. The molecule has 0 bridgehead atoms. The molecule has 128 valence electrons. The van der Waals surface area contributed by atoms with Gasteiger partial charge in [-0.2, -0.15) is 5.10 Å². The van der Waals surface area contributed by atoms with Crippen molar-refractivity contribution < 1.29 is 4.79 Å². The third-order valence-electron chi connectivity index (χ3n) is 2.65. The first-order valence-electron chi connectivity index (χ1n) is 6.74. The second-order valence-corrected chi connectivity index (χ2v) is 5.58. The molecule has 0 atom stereocenters. The maximum Gasteiger partial charge on any atom is 0.154 e. The summed E-state index contributed by atoms with van der Waals surface area (Å²) in [6.45, 7) is 3.77. The lowest BCUT2D eigenvalue weighted by Crippen LogP contribution is -1.93. The highest BCUT2D eigenvalue weighted by atomic mass is 35.5. The van der Waals surface area contributed by atoms with Crippen LogP contribution in [0.25, 0.3) is 5.52 Å². The first-order chi connectivity index (χ1) is 11.4. The molecule has 0 unspecified atom stereocenters. The normalized spacial score (nSPS) is 9.54. The van der Waals surface area contributed by atoms with E-state index in [-0.39, 0.29) is 5.88 Å². The van der Waals surface area contributed by atoms with Gasteiger partial charge in [-0.25, -0.2) is 4.52 Å². The van der Waals surface area contributed by atoms with E-state index < -0.39 is 0 Å².